The minimum atomic E-state index is -0.348. The van der Waals surface area contributed by atoms with Gasteiger partial charge in [0, 0.05) is 11.5 Å². The number of para-hydroxylation sites is 1. The van der Waals surface area contributed by atoms with Crippen LogP contribution in [0.25, 0.3) is 0 Å². The maximum atomic E-state index is 5.69. The average Bonchev–Trinajstić information content (AvgIpc) is 2.68. The summed E-state index contributed by atoms with van der Waals surface area (Å²) in [7, 11) is 0. The lowest BCUT2D eigenvalue weighted by molar-refractivity contribution is 0.116. The van der Waals surface area contributed by atoms with Crippen LogP contribution in [0.1, 0.15) is 12.5 Å². The number of hydrogen-bond acceptors (Lipinski definition) is 4. The first-order valence-corrected chi connectivity index (χ1v) is 5.43. The molecule has 4 nitrogen and oxygen atoms in total. The molecule has 2 atom stereocenters. The normalized spacial score (nSPS) is 31.6. The summed E-state index contributed by atoms with van der Waals surface area (Å²) >= 11 is 0. The topological polar surface area (TPSA) is 56.8 Å². The van der Waals surface area contributed by atoms with Crippen molar-refractivity contribution in [3.63, 3.8) is 0 Å². The van der Waals surface area contributed by atoms with Crippen molar-refractivity contribution in [3.05, 3.63) is 29.8 Å². The van der Waals surface area contributed by atoms with Crippen LogP contribution in [0, 0.1) is 5.92 Å². The highest BCUT2D eigenvalue weighted by molar-refractivity contribution is 5.74. The Bertz CT molecular complexity index is 458. The summed E-state index contributed by atoms with van der Waals surface area (Å²) in [6.07, 6.45) is 0. The van der Waals surface area contributed by atoms with Crippen LogP contribution in [-0.2, 0) is 10.3 Å². The molecule has 2 heterocycles. The zero-order chi connectivity index (χ0) is 11.2. The van der Waals surface area contributed by atoms with Crippen molar-refractivity contribution in [2.75, 3.05) is 13.2 Å². The summed E-state index contributed by atoms with van der Waals surface area (Å²) < 4.78 is 11.0. The molecule has 1 aromatic carbocycles. The molecule has 0 saturated carbocycles. The van der Waals surface area contributed by atoms with Crippen molar-refractivity contribution < 1.29 is 9.47 Å². The third-order valence-corrected chi connectivity index (χ3v) is 3.41. The molecule has 0 saturated heterocycles. The standard InChI is InChI=1S/C12H14N2O2/c1-8-6-15-10-5-3-2-4-9(10)12(8)7-16-11(13)14-12/h2-5,8H,6-7H2,1H3,(H2,13,14). The van der Waals surface area contributed by atoms with Crippen LogP contribution in [0.3, 0.4) is 0 Å². The Kier molecular flexibility index (Phi) is 1.87. The van der Waals surface area contributed by atoms with Gasteiger partial charge in [0.2, 0.25) is 0 Å². The van der Waals surface area contributed by atoms with E-state index in [4.69, 9.17) is 15.2 Å². The van der Waals surface area contributed by atoms with E-state index in [1.807, 2.05) is 24.3 Å². The summed E-state index contributed by atoms with van der Waals surface area (Å²) in [5, 5.41) is 0. The third-order valence-electron chi connectivity index (χ3n) is 3.41. The van der Waals surface area contributed by atoms with Crippen LogP contribution >= 0.6 is 0 Å². The van der Waals surface area contributed by atoms with Crippen molar-refractivity contribution in [2.24, 2.45) is 16.6 Å². The van der Waals surface area contributed by atoms with Gasteiger partial charge in [0.25, 0.3) is 6.02 Å². The molecule has 16 heavy (non-hydrogen) atoms. The van der Waals surface area contributed by atoms with Gasteiger partial charge in [0.15, 0.2) is 0 Å². The molecule has 1 spiro atoms. The third kappa shape index (κ3) is 1.13. The van der Waals surface area contributed by atoms with Gasteiger partial charge in [-0.1, -0.05) is 25.1 Å². The smallest absolute Gasteiger partial charge is 0.283 e. The van der Waals surface area contributed by atoms with Gasteiger partial charge in [-0.2, -0.15) is 0 Å². The number of amidine groups is 1. The van der Waals surface area contributed by atoms with Crippen LogP contribution in [-0.4, -0.2) is 19.2 Å². The van der Waals surface area contributed by atoms with E-state index in [2.05, 4.69) is 11.9 Å². The Hall–Kier alpha value is -1.71. The number of fused-ring (bicyclic) bond motifs is 2. The van der Waals surface area contributed by atoms with Gasteiger partial charge in [0.1, 0.15) is 17.9 Å². The van der Waals surface area contributed by atoms with Crippen LogP contribution in [0.5, 0.6) is 5.75 Å². The van der Waals surface area contributed by atoms with Crippen molar-refractivity contribution in [1.29, 1.82) is 0 Å². The number of rotatable bonds is 0. The molecule has 2 N–H and O–H groups in total. The molecule has 0 bridgehead atoms. The molecule has 2 aliphatic heterocycles. The zero-order valence-corrected chi connectivity index (χ0v) is 9.14. The van der Waals surface area contributed by atoms with E-state index < -0.39 is 0 Å². The summed E-state index contributed by atoms with van der Waals surface area (Å²) in [6, 6.07) is 8.24. The lowest BCUT2D eigenvalue weighted by Gasteiger charge is -2.36. The van der Waals surface area contributed by atoms with Gasteiger partial charge >= 0.3 is 0 Å². The number of nitrogens with two attached hydrogens (primary N) is 1. The maximum Gasteiger partial charge on any atom is 0.283 e. The molecule has 0 fully saturated rings. The summed E-state index contributed by atoms with van der Waals surface area (Å²) in [4.78, 5) is 4.49. The monoisotopic (exact) mass is 218 g/mol. The summed E-state index contributed by atoms with van der Waals surface area (Å²) in [6.45, 7) is 3.28. The minimum absolute atomic E-state index is 0.267. The first-order chi connectivity index (χ1) is 7.72. The molecule has 0 aliphatic carbocycles. The molecule has 84 valence electrons. The van der Waals surface area contributed by atoms with Gasteiger partial charge in [-0.05, 0) is 6.07 Å². The van der Waals surface area contributed by atoms with E-state index in [0.29, 0.717) is 13.2 Å². The summed E-state index contributed by atoms with van der Waals surface area (Å²) in [5.41, 5.74) is 6.38. The fourth-order valence-electron chi connectivity index (χ4n) is 2.40. The highest BCUT2D eigenvalue weighted by atomic mass is 16.5. The molecule has 0 radical (unpaired) electrons. The van der Waals surface area contributed by atoms with Crippen LogP contribution in [0.4, 0.5) is 0 Å². The van der Waals surface area contributed by atoms with E-state index in [1.54, 1.807) is 0 Å². The highest BCUT2D eigenvalue weighted by Crippen LogP contribution is 2.45. The van der Waals surface area contributed by atoms with Gasteiger partial charge < -0.3 is 15.2 Å². The first kappa shape index (κ1) is 9.51. The number of ether oxygens (including phenoxy) is 2. The second-order valence-electron chi connectivity index (χ2n) is 4.37. The molecule has 1 aromatic rings. The number of nitrogens with zero attached hydrogens (tertiary/aromatic N) is 1. The maximum absolute atomic E-state index is 5.69. The Morgan fingerprint density at radius 3 is 2.94 bits per heavy atom. The van der Waals surface area contributed by atoms with Crippen LogP contribution < -0.4 is 10.5 Å². The molecule has 2 aliphatic rings. The van der Waals surface area contributed by atoms with Crippen molar-refractivity contribution >= 4 is 6.02 Å². The Morgan fingerprint density at radius 1 is 1.38 bits per heavy atom. The molecule has 0 aromatic heterocycles. The van der Waals surface area contributed by atoms with Crippen molar-refractivity contribution in [1.82, 2.24) is 0 Å². The van der Waals surface area contributed by atoms with Gasteiger partial charge in [-0.3, -0.25) is 0 Å². The number of aliphatic imine (C=N–C) groups is 1. The highest BCUT2D eigenvalue weighted by Gasteiger charge is 2.47. The second-order valence-corrected chi connectivity index (χ2v) is 4.37. The Morgan fingerprint density at radius 2 is 2.19 bits per heavy atom. The van der Waals surface area contributed by atoms with E-state index in [1.165, 1.54) is 0 Å². The fraction of sp³-hybridized carbons (Fsp3) is 0.417. The predicted molar refractivity (Wildman–Crippen MR) is 60.4 cm³/mol. The van der Waals surface area contributed by atoms with Gasteiger partial charge in [-0.15, -0.1) is 0 Å². The molecule has 4 heteroatoms. The zero-order valence-electron chi connectivity index (χ0n) is 9.14. The van der Waals surface area contributed by atoms with Crippen LogP contribution in [0.15, 0.2) is 29.3 Å². The second kappa shape index (κ2) is 3.14. The fourth-order valence-corrected chi connectivity index (χ4v) is 2.40. The first-order valence-electron chi connectivity index (χ1n) is 5.43. The molecule has 3 rings (SSSR count). The Labute approximate surface area is 94.1 Å². The molecule has 0 amide bonds. The van der Waals surface area contributed by atoms with Gasteiger partial charge in [-0.25, -0.2) is 4.99 Å². The number of hydrogen-bond donors (Lipinski definition) is 1. The predicted octanol–water partition coefficient (Wildman–Crippen LogP) is 1.26. The van der Waals surface area contributed by atoms with E-state index in [-0.39, 0.29) is 17.5 Å². The Balaban J connectivity index is 2.18. The number of benzene rings is 1. The van der Waals surface area contributed by atoms with E-state index in [9.17, 15) is 0 Å². The lowest BCUT2D eigenvalue weighted by atomic mass is 9.78. The quantitative estimate of drug-likeness (QED) is 0.713. The molecular weight excluding hydrogens is 204 g/mol. The average molecular weight is 218 g/mol. The van der Waals surface area contributed by atoms with Gasteiger partial charge in [0.05, 0.1) is 6.61 Å². The molecular formula is C12H14N2O2. The van der Waals surface area contributed by atoms with Crippen molar-refractivity contribution in [3.8, 4) is 5.75 Å². The SMILES string of the molecule is CC1COc2ccccc2C12COC(N)=N2. The molecule has 2 unspecified atom stereocenters. The summed E-state index contributed by atoms with van der Waals surface area (Å²) in [5.74, 6) is 1.16. The van der Waals surface area contributed by atoms with Crippen molar-refractivity contribution in [2.45, 2.75) is 12.5 Å². The minimum Gasteiger partial charge on any atom is -0.493 e. The largest absolute Gasteiger partial charge is 0.493 e. The van der Waals surface area contributed by atoms with E-state index >= 15 is 0 Å². The van der Waals surface area contributed by atoms with Crippen LogP contribution in [0.2, 0.25) is 0 Å². The van der Waals surface area contributed by atoms with E-state index in [0.717, 1.165) is 11.3 Å². The lowest BCUT2D eigenvalue weighted by Crippen LogP contribution is -2.40.